The molecule has 1 aliphatic heterocycles. The standard InChI is InChI=1S/C14H19Cl2NO2.C4H4O4/c1-9(12-5-4-6-17(12)2)19-13-8-10(15)7-11(16)14(13)18-3;5-3(6)1-2-4(7)8/h7-9,12H,4-6H2,1-3H3;1-2H,(H,5,6)(H,7,8)/b;2-1+. The maximum atomic E-state index is 9.55. The highest BCUT2D eigenvalue weighted by molar-refractivity contribution is 6.35. The molecule has 0 saturated carbocycles. The Labute approximate surface area is 168 Å². The Bertz CT molecular complexity index is 679. The molecule has 0 aromatic heterocycles. The summed E-state index contributed by atoms with van der Waals surface area (Å²) in [7, 11) is 3.70. The van der Waals surface area contributed by atoms with Crippen LogP contribution >= 0.6 is 23.2 Å². The van der Waals surface area contributed by atoms with Gasteiger partial charge in [0, 0.05) is 29.3 Å². The van der Waals surface area contributed by atoms with Crippen molar-refractivity contribution in [1.82, 2.24) is 4.90 Å². The monoisotopic (exact) mass is 419 g/mol. The van der Waals surface area contributed by atoms with Crippen molar-refractivity contribution in [1.29, 1.82) is 0 Å². The predicted octanol–water partition coefficient (Wildman–Crippen LogP) is 3.58. The Morgan fingerprint density at radius 3 is 2.30 bits per heavy atom. The average Bonchev–Trinajstić information content (AvgIpc) is 2.99. The molecule has 0 spiro atoms. The second kappa shape index (κ2) is 11.0. The van der Waals surface area contributed by atoms with Crippen LogP contribution in [0.5, 0.6) is 11.5 Å². The van der Waals surface area contributed by atoms with Crippen LogP contribution in [0.3, 0.4) is 0 Å². The van der Waals surface area contributed by atoms with Crippen molar-refractivity contribution in [3.8, 4) is 11.5 Å². The smallest absolute Gasteiger partial charge is 0.328 e. The third-order valence-corrected chi connectivity index (χ3v) is 4.48. The summed E-state index contributed by atoms with van der Waals surface area (Å²) in [6.07, 6.45) is 3.54. The highest BCUT2D eigenvalue weighted by Gasteiger charge is 2.28. The van der Waals surface area contributed by atoms with Crippen LogP contribution in [0.2, 0.25) is 10.0 Å². The van der Waals surface area contributed by atoms with Crippen LogP contribution in [-0.4, -0.2) is 59.9 Å². The van der Waals surface area contributed by atoms with E-state index in [-0.39, 0.29) is 6.10 Å². The second-order valence-electron chi connectivity index (χ2n) is 5.94. The molecule has 1 aromatic rings. The first kappa shape index (κ1) is 23.1. The minimum atomic E-state index is -1.26. The number of rotatable bonds is 6. The molecule has 2 N–H and O–H groups in total. The van der Waals surface area contributed by atoms with Gasteiger partial charge in [0.1, 0.15) is 6.10 Å². The van der Waals surface area contributed by atoms with Gasteiger partial charge in [-0.25, -0.2) is 9.59 Å². The largest absolute Gasteiger partial charge is 0.491 e. The van der Waals surface area contributed by atoms with Crippen LogP contribution in [0, 0.1) is 0 Å². The first-order valence-electron chi connectivity index (χ1n) is 8.19. The zero-order valence-electron chi connectivity index (χ0n) is 15.3. The number of methoxy groups -OCH3 is 1. The van der Waals surface area contributed by atoms with E-state index in [1.807, 2.05) is 0 Å². The van der Waals surface area contributed by atoms with Crippen molar-refractivity contribution in [3.05, 3.63) is 34.3 Å². The lowest BCUT2D eigenvalue weighted by molar-refractivity contribution is -0.134. The number of hydrogen-bond donors (Lipinski definition) is 2. The second-order valence-corrected chi connectivity index (χ2v) is 6.79. The van der Waals surface area contributed by atoms with E-state index in [1.54, 1.807) is 19.2 Å². The molecule has 0 bridgehead atoms. The number of aliphatic carboxylic acids is 2. The number of halogens is 2. The van der Waals surface area contributed by atoms with Gasteiger partial charge in [0.2, 0.25) is 0 Å². The van der Waals surface area contributed by atoms with Crippen LogP contribution in [0.1, 0.15) is 19.8 Å². The third-order valence-electron chi connectivity index (χ3n) is 3.98. The molecule has 1 fully saturated rings. The molecule has 0 aliphatic carbocycles. The Balaban J connectivity index is 0.000000387. The molecule has 150 valence electrons. The molecule has 2 unspecified atom stereocenters. The van der Waals surface area contributed by atoms with Gasteiger partial charge in [0.15, 0.2) is 11.5 Å². The Kier molecular flexibility index (Phi) is 9.41. The fraction of sp³-hybridized carbons (Fsp3) is 0.444. The maximum absolute atomic E-state index is 9.55. The molecule has 1 aromatic carbocycles. The number of likely N-dealkylation sites (N-methyl/N-ethyl adjacent to an activating group) is 1. The topological polar surface area (TPSA) is 96.3 Å². The molecule has 0 amide bonds. The summed E-state index contributed by atoms with van der Waals surface area (Å²) in [6, 6.07) is 3.82. The number of carboxylic acids is 2. The van der Waals surface area contributed by atoms with E-state index in [0.29, 0.717) is 39.7 Å². The van der Waals surface area contributed by atoms with Gasteiger partial charge < -0.3 is 19.7 Å². The van der Waals surface area contributed by atoms with E-state index in [9.17, 15) is 9.59 Å². The number of hydrogen-bond acceptors (Lipinski definition) is 5. The molecule has 1 aliphatic rings. The number of carbonyl (C=O) groups is 2. The van der Waals surface area contributed by atoms with Crippen LogP contribution in [-0.2, 0) is 9.59 Å². The normalized spacial score (nSPS) is 17.9. The fourth-order valence-electron chi connectivity index (χ4n) is 2.77. The number of carboxylic acid groups (broad SMARTS) is 2. The molecule has 0 radical (unpaired) electrons. The summed E-state index contributed by atoms with van der Waals surface area (Å²) in [5.74, 6) is -1.37. The van der Waals surface area contributed by atoms with Crippen molar-refractivity contribution < 1.29 is 29.3 Å². The van der Waals surface area contributed by atoms with Crippen molar-refractivity contribution >= 4 is 35.1 Å². The summed E-state index contributed by atoms with van der Waals surface area (Å²) in [5.41, 5.74) is 0. The fourth-order valence-corrected chi connectivity index (χ4v) is 3.32. The quantitative estimate of drug-likeness (QED) is 0.680. The Morgan fingerprint density at radius 1 is 1.26 bits per heavy atom. The lowest BCUT2D eigenvalue weighted by atomic mass is 10.1. The van der Waals surface area contributed by atoms with Gasteiger partial charge >= 0.3 is 11.9 Å². The lowest BCUT2D eigenvalue weighted by Gasteiger charge is -2.27. The lowest BCUT2D eigenvalue weighted by Crippen LogP contribution is -2.38. The minimum Gasteiger partial charge on any atom is -0.491 e. The van der Waals surface area contributed by atoms with Gasteiger partial charge in [-0.05, 0) is 39.4 Å². The summed E-state index contributed by atoms with van der Waals surface area (Å²) < 4.78 is 11.3. The summed E-state index contributed by atoms with van der Waals surface area (Å²) in [4.78, 5) is 21.4. The number of likely N-dealkylation sites (tertiary alicyclic amines) is 1. The molecule has 1 saturated heterocycles. The Hall–Kier alpha value is -1.96. The van der Waals surface area contributed by atoms with Gasteiger partial charge in [0.05, 0.1) is 12.1 Å². The van der Waals surface area contributed by atoms with E-state index in [2.05, 4.69) is 18.9 Å². The highest BCUT2D eigenvalue weighted by Crippen LogP contribution is 2.39. The van der Waals surface area contributed by atoms with Gasteiger partial charge in [-0.1, -0.05) is 23.2 Å². The zero-order valence-corrected chi connectivity index (χ0v) is 16.8. The minimum absolute atomic E-state index is 0.0657. The predicted molar refractivity (Wildman–Crippen MR) is 103 cm³/mol. The summed E-state index contributed by atoms with van der Waals surface area (Å²) in [5, 5.41) is 16.6. The summed E-state index contributed by atoms with van der Waals surface area (Å²) in [6.45, 7) is 3.19. The average molecular weight is 420 g/mol. The highest BCUT2D eigenvalue weighted by atomic mass is 35.5. The van der Waals surface area contributed by atoms with Crippen LogP contribution in [0.15, 0.2) is 24.3 Å². The van der Waals surface area contributed by atoms with E-state index >= 15 is 0 Å². The first-order chi connectivity index (χ1) is 12.6. The molecule has 27 heavy (non-hydrogen) atoms. The summed E-state index contributed by atoms with van der Waals surface area (Å²) >= 11 is 12.1. The van der Waals surface area contributed by atoms with Crippen molar-refractivity contribution in [2.75, 3.05) is 20.7 Å². The number of ether oxygens (including phenoxy) is 2. The molecular weight excluding hydrogens is 397 g/mol. The SMILES string of the molecule is COc1c(Cl)cc(Cl)cc1OC(C)C1CCCN1C.O=C(O)/C=C/C(=O)O. The molecular formula is C18H23Cl2NO6. The molecule has 7 nitrogen and oxygen atoms in total. The van der Waals surface area contributed by atoms with Crippen LogP contribution in [0.25, 0.3) is 0 Å². The van der Waals surface area contributed by atoms with Crippen molar-refractivity contribution in [2.24, 2.45) is 0 Å². The molecule has 2 rings (SSSR count). The van der Waals surface area contributed by atoms with Crippen LogP contribution < -0.4 is 9.47 Å². The van der Waals surface area contributed by atoms with Gasteiger partial charge in [-0.15, -0.1) is 0 Å². The number of benzene rings is 1. The Morgan fingerprint density at radius 2 is 1.85 bits per heavy atom. The molecule has 1 heterocycles. The zero-order chi connectivity index (χ0) is 20.6. The van der Waals surface area contributed by atoms with Gasteiger partial charge in [-0.2, -0.15) is 0 Å². The third kappa shape index (κ3) is 7.66. The first-order valence-corrected chi connectivity index (χ1v) is 8.95. The number of nitrogens with zero attached hydrogens (tertiary/aromatic N) is 1. The van der Waals surface area contributed by atoms with Gasteiger partial charge in [0.25, 0.3) is 0 Å². The van der Waals surface area contributed by atoms with Crippen molar-refractivity contribution in [2.45, 2.75) is 31.9 Å². The maximum Gasteiger partial charge on any atom is 0.328 e. The van der Waals surface area contributed by atoms with Crippen LogP contribution in [0.4, 0.5) is 0 Å². The van der Waals surface area contributed by atoms with E-state index in [0.717, 1.165) is 13.0 Å². The molecule has 9 heteroatoms. The van der Waals surface area contributed by atoms with Gasteiger partial charge in [-0.3, -0.25) is 4.90 Å². The van der Waals surface area contributed by atoms with E-state index in [1.165, 1.54) is 6.42 Å². The van der Waals surface area contributed by atoms with E-state index in [4.69, 9.17) is 42.9 Å². The van der Waals surface area contributed by atoms with Crippen molar-refractivity contribution in [3.63, 3.8) is 0 Å². The molecule has 2 atom stereocenters. The van der Waals surface area contributed by atoms with E-state index < -0.39 is 11.9 Å².